The summed E-state index contributed by atoms with van der Waals surface area (Å²) in [7, 11) is 0. The predicted octanol–water partition coefficient (Wildman–Crippen LogP) is 0.184. The standard InChI is InChI=1S/C11H16N2O3/c1-7-5-10(15)9(6-13-7)11(16)12-4-3-8(2)14/h5-6,8,14H,3-4H2,1-2H3,(H,12,16)(H,13,15). The van der Waals surface area contributed by atoms with Gasteiger partial charge in [-0.1, -0.05) is 0 Å². The summed E-state index contributed by atoms with van der Waals surface area (Å²) in [5, 5.41) is 11.6. The van der Waals surface area contributed by atoms with E-state index < -0.39 is 12.0 Å². The SMILES string of the molecule is Cc1cc(=O)c(C(=O)NCCC(C)O)c[nH]1. The molecule has 1 aromatic rings. The van der Waals surface area contributed by atoms with E-state index in [-0.39, 0.29) is 11.0 Å². The van der Waals surface area contributed by atoms with Crippen molar-refractivity contribution in [3.63, 3.8) is 0 Å². The molecule has 0 aliphatic rings. The molecule has 0 aliphatic heterocycles. The Hall–Kier alpha value is -1.62. The van der Waals surface area contributed by atoms with Crippen LogP contribution in [0, 0.1) is 6.92 Å². The van der Waals surface area contributed by atoms with Crippen LogP contribution in [0.3, 0.4) is 0 Å². The lowest BCUT2D eigenvalue weighted by molar-refractivity contribution is 0.0944. The highest BCUT2D eigenvalue weighted by molar-refractivity contribution is 5.93. The van der Waals surface area contributed by atoms with E-state index >= 15 is 0 Å². The molecule has 1 atom stereocenters. The molecule has 1 heterocycles. The molecule has 3 N–H and O–H groups in total. The predicted molar refractivity (Wildman–Crippen MR) is 60.4 cm³/mol. The fourth-order valence-electron chi connectivity index (χ4n) is 1.24. The minimum Gasteiger partial charge on any atom is -0.393 e. The third-order valence-corrected chi connectivity index (χ3v) is 2.15. The Morgan fingerprint density at radius 2 is 2.31 bits per heavy atom. The van der Waals surface area contributed by atoms with Crippen molar-refractivity contribution in [3.8, 4) is 0 Å². The van der Waals surface area contributed by atoms with Crippen LogP contribution in [0.2, 0.25) is 0 Å². The van der Waals surface area contributed by atoms with Gasteiger partial charge >= 0.3 is 0 Å². The van der Waals surface area contributed by atoms with E-state index in [0.29, 0.717) is 18.7 Å². The zero-order chi connectivity index (χ0) is 12.1. The summed E-state index contributed by atoms with van der Waals surface area (Å²) in [6.45, 7) is 3.74. The molecule has 0 aromatic carbocycles. The zero-order valence-electron chi connectivity index (χ0n) is 9.41. The van der Waals surface area contributed by atoms with Gasteiger partial charge in [-0.3, -0.25) is 9.59 Å². The minimum atomic E-state index is -0.461. The van der Waals surface area contributed by atoms with E-state index in [1.165, 1.54) is 12.3 Å². The third kappa shape index (κ3) is 3.51. The molecule has 88 valence electrons. The van der Waals surface area contributed by atoms with Gasteiger partial charge < -0.3 is 15.4 Å². The van der Waals surface area contributed by atoms with Crippen LogP contribution in [0.4, 0.5) is 0 Å². The van der Waals surface area contributed by atoms with Crippen molar-refractivity contribution in [1.82, 2.24) is 10.3 Å². The Morgan fingerprint density at radius 3 is 2.88 bits per heavy atom. The fraction of sp³-hybridized carbons (Fsp3) is 0.455. The smallest absolute Gasteiger partial charge is 0.256 e. The molecular formula is C11H16N2O3. The average Bonchev–Trinajstić information content (AvgIpc) is 2.16. The number of carbonyl (C=O) groups is 1. The Bertz CT molecular complexity index is 423. The topological polar surface area (TPSA) is 82.2 Å². The van der Waals surface area contributed by atoms with Gasteiger partial charge in [-0.15, -0.1) is 0 Å². The Labute approximate surface area is 93.5 Å². The average molecular weight is 224 g/mol. The molecule has 5 nitrogen and oxygen atoms in total. The number of pyridine rings is 1. The first kappa shape index (κ1) is 12.4. The Kier molecular flexibility index (Phi) is 4.25. The highest BCUT2D eigenvalue weighted by atomic mass is 16.3. The number of H-pyrrole nitrogens is 1. The summed E-state index contributed by atoms with van der Waals surface area (Å²) < 4.78 is 0. The quantitative estimate of drug-likeness (QED) is 0.682. The van der Waals surface area contributed by atoms with Gasteiger partial charge in [-0.2, -0.15) is 0 Å². The number of aromatic nitrogens is 1. The number of rotatable bonds is 4. The van der Waals surface area contributed by atoms with E-state index in [4.69, 9.17) is 5.11 Å². The highest BCUT2D eigenvalue weighted by Gasteiger charge is 2.09. The van der Waals surface area contributed by atoms with E-state index in [9.17, 15) is 9.59 Å². The summed E-state index contributed by atoms with van der Waals surface area (Å²) in [5.74, 6) is -0.415. The number of hydrogen-bond donors (Lipinski definition) is 3. The van der Waals surface area contributed by atoms with Gasteiger partial charge in [-0.25, -0.2) is 0 Å². The molecule has 0 saturated heterocycles. The second-order valence-electron chi connectivity index (χ2n) is 3.79. The molecule has 0 fully saturated rings. The Morgan fingerprint density at radius 1 is 1.62 bits per heavy atom. The summed E-state index contributed by atoms with van der Waals surface area (Å²) in [6.07, 6.45) is 1.40. The molecule has 1 aromatic heterocycles. The minimum absolute atomic E-state index is 0.0937. The normalized spacial score (nSPS) is 12.2. The second kappa shape index (κ2) is 5.46. The number of aromatic amines is 1. The van der Waals surface area contributed by atoms with Crippen molar-refractivity contribution < 1.29 is 9.90 Å². The summed E-state index contributed by atoms with van der Waals surface area (Å²) in [6, 6.07) is 1.38. The fourth-order valence-corrected chi connectivity index (χ4v) is 1.24. The molecule has 5 heteroatoms. The van der Waals surface area contributed by atoms with Crippen molar-refractivity contribution in [2.45, 2.75) is 26.4 Å². The van der Waals surface area contributed by atoms with Crippen LogP contribution in [0.15, 0.2) is 17.1 Å². The molecule has 0 radical (unpaired) electrons. The number of aliphatic hydroxyl groups excluding tert-OH is 1. The van der Waals surface area contributed by atoms with Crippen LogP contribution in [-0.4, -0.2) is 28.6 Å². The monoisotopic (exact) mass is 224 g/mol. The third-order valence-electron chi connectivity index (χ3n) is 2.15. The second-order valence-corrected chi connectivity index (χ2v) is 3.79. The summed E-state index contributed by atoms with van der Waals surface area (Å²) >= 11 is 0. The first-order valence-corrected chi connectivity index (χ1v) is 5.16. The largest absolute Gasteiger partial charge is 0.393 e. The summed E-state index contributed by atoms with van der Waals surface area (Å²) in [5.41, 5.74) is 0.507. The molecule has 0 aliphatic carbocycles. The van der Waals surface area contributed by atoms with Crippen LogP contribution in [0.5, 0.6) is 0 Å². The number of carbonyl (C=O) groups excluding carboxylic acids is 1. The number of hydrogen-bond acceptors (Lipinski definition) is 3. The van der Waals surface area contributed by atoms with E-state index in [2.05, 4.69) is 10.3 Å². The number of aliphatic hydroxyl groups is 1. The van der Waals surface area contributed by atoms with E-state index in [1.807, 2.05) is 0 Å². The van der Waals surface area contributed by atoms with Crippen LogP contribution in [0.1, 0.15) is 29.4 Å². The van der Waals surface area contributed by atoms with Crippen LogP contribution in [-0.2, 0) is 0 Å². The molecular weight excluding hydrogens is 208 g/mol. The zero-order valence-corrected chi connectivity index (χ0v) is 9.41. The van der Waals surface area contributed by atoms with Crippen LogP contribution >= 0.6 is 0 Å². The first-order valence-electron chi connectivity index (χ1n) is 5.16. The molecule has 0 bridgehead atoms. The van der Waals surface area contributed by atoms with Gasteiger partial charge in [0.1, 0.15) is 5.56 Å². The first-order chi connectivity index (χ1) is 7.50. The van der Waals surface area contributed by atoms with Crippen molar-refractivity contribution in [2.75, 3.05) is 6.54 Å². The van der Waals surface area contributed by atoms with Crippen molar-refractivity contribution in [3.05, 3.63) is 33.7 Å². The number of amides is 1. The van der Waals surface area contributed by atoms with Crippen LogP contribution in [0.25, 0.3) is 0 Å². The van der Waals surface area contributed by atoms with Gasteiger partial charge in [0.15, 0.2) is 5.43 Å². The van der Waals surface area contributed by atoms with Gasteiger partial charge in [0.25, 0.3) is 5.91 Å². The highest BCUT2D eigenvalue weighted by Crippen LogP contribution is 1.93. The molecule has 16 heavy (non-hydrogen) atoms. The lowest BCUT2D eigenvalue weighted by Gasteiger charge is -2.06. The molecule has 1 amide bonds. The van der Waals surface area contributed by atoms with Crippen molar-refractivity contribution in [1.29, 1.82) is 0 Å². The van der Waals surface area contributed by atoms with Crippen LogP contribution < -0.4 is 10.7 Å². The maximum absolute atomic E-state index is 11.5. The van der Waals surface area contributed by atoms with Crippen molar-refractivity contribution in [2.24, 2.45) is 0 Å². The molecule has 0 spiro atoms. The lowest BCUT2D eigenvalue weighted by atomic mass is 10.2. The Balaban J connectivity index is 2.63. The molecule has 1 unspecified atom stereocenters. The van der Waals surface area contributed by atoms with E-state index in [1.54, 1.807) is 13.8 Å². The van der Waals surface area contributed by atoms with E-state index in [0.717, 1.165) is 0 Å². The van der Waals surface area contributed by atoms with Gasteiger partial charge in [0.2, 0.25) is 0 Å². The molecule has 1 rings (SSSR count). The maximum Gasteiger partial charge on any atom is 0.256 e. The van der Waals surface area contributed by atoms with Gasteiger partial charge in [0.05, 0.1) is 6.10 Å². The van der Waals surface area contributed by atoms with Gasteiger partial charge in [-0.05, 0) is 20.3 Å². The van der Waals surface area contributed by atoms with Crippen molar-refractivity contribution >= 4 is 5.91 Å². The number of nitrogens with one attached hydrogen (secondary N) is 2. The maximum atomic E-state index is 11.5. The van der Waals surface area contributed by atoms with Gasteiger partial charge in [0, 0.05) is 24.5 Å². The lowest BCUT2D eigenvalue weighted by Crippen LogP contribution is -2.30. The number of aryl methyl sites for hydroxylation is 1. The summed E-state index contributed by atoms with van der Waals surface area (Å²) in [4.78, 5) is 25.8. The molecule has 0 saturated carbocycles.